The number of hydrogen-bond acceptors (Lipinski definition) is 1. The molecule has 0 aliphatic carbocycles. The summed E-state index contributed by atoms with van der Waals surface area (Å²) in [6.07, 6.45) is 5.72. The Morgan fingerprint density at radius 3 is 1.88 bits per heavy atom. The van der Waals surface area contributed by atoms with Gasteiger partial charge in [-0.05, 0) is 19.5 Å². The third-order valence-corrected chi connectivity index (χ3v) is 4.29. The Labute approximate surface area is 50.8 Å². The van der Waals surface area contributed by atoms with Crippen molar-refractivity contribution in [1.29, 1.82) is 0 Å². The molecular weight excluding hydrogens is 119 g/mol. The lowest BCUT2D eigenvalue weighted by molar-refractivity contribution is 0.564. The normalized spacial score (nSPS) is 27.6. The smallest absolute Gasteiger partial charge is 0.0848 e. The van der Waals surface area contributed by atoms with Crippen molar-refractivity contribution in [2.75, 3.05) is 19.0 Å². The van der Waals surface area contributed by atoms with Gasteiger partial charge >= 0.3 is 0 Å². The topological polar surface area (TPSA) is 17.1 Å². The Morgan fingerprint density at radius 1 is 1.12 bits per heavy atom. The summed E-state index contributed by atoms with van der Waals surface area (Å²) in [5, 5.41) is 0. The van der Waals surface area contributed by atoms with Gasteiger partial charge < -0.3 is 4.57 Å². The van der Waals surface area contributed by atoms with Crippen LogP contribution in [0.25, 0.3) is 0 Å². The maximum absolute atomic E-state index is 11.2. The zero-order valence-corrected chi connectivity index (χ0v) is 6.29. The highest BCUT2D eigenvalue weighted by Crippen LogP contribution is 2.46. The molecule has 1 aliphatic heterocycles. The zero-order chi connectivity index (χ0) is 6.04. The van der Waals surface area contributed by atoms with Gasteiger partial charge in [-0.15, -0.1) is 0 Å². The standard InChI is InChI=1S/C6H13OP/c1-8(7)5-3-2-4-6-8/h2-6H2,1H3. The first kappa shape index (κ1) is 6.35. The molecule has 0 atom stereocenters. The van der Waals surface area contributed by atoms with Crippen LogP contribution in [0.5, 0.6) is 0 Å². The van der Waals surface area contributed by atoms with E-state index < -0.39 is 7.14 Å². The van der Waals surface area contributed by atoms with Gasteiger partial charge in [0, 0.05) is 12.3 Å². The Hall–Kier alpha value is 0.230. The van der Waals surface area contributed by atoms with Gasteiger partial charge in [0.15, 0.2) is 0 Å². The van der Waals surface area contributed by atoms with Gasteiger partial charge in [0.1, 0.15) is 0 Å². The van der Waals surface area contributed by atoms with Gasteiger partial charge in [0.05, 0.1) is 7.14 Å². The Kier molecular flexibility index (Phi) is 1.77. The summed E-state index contributed by atoms with van der Waals surface area (Å²) < 4.78 is 11.2. The highest BCUT2D eigenvalue weighted by molar-refractivity contribution is 7.63. The maximum atomic E-state index is 11.2. The van der Waals surface area contributed by atoms with Crippen LogP contribution in [0.2, 0.25) is 0 Å². The molecule has 2 heteroatoms. The lowest BCUT2D eigenvalue weighted by Gasteiger charge is -2.17. The first-order valence-electron chi connectivity index (χ1n) is 3.26. The predicted octanol–water partition coefficient (Wildman–Crippen LogP) is 2.16. The summed E-state index contributed by atoms with van der Waals surface area (Å²) in [5.41, 5.74) is 0. The fourth-order valence-electron chi connectivity index (χ4n) is 1.18. The minimum Gasteiger partial charge on any atom is -0.324 e. The summed E-state index contributed by atoms with van der Waals surface area (Å²) in [6, 6.07) is 0. The lowest BCUT2D eigenvalue weighted by atomic mass is 10.3. The average molecular weight is 132 g/mol. The molecular formula is C6H13OP. The van der Waals surface area contributed by atoms with E-state index in [2.05, 4.69) is 0 Å². The maximum Gasteiger partial charge on any atom is 0.0848 e. The van der Waals surface area contributed by atoms with E-state index in [1.165, 1.54) is 19.3 Å². The van der Waals surface area contributed by atoms with E-state index in [1.807, 2.05) is 6.66 Å². The fourth-order valence-corrected chi connectivity index (χ4v) is 3.19. The Balaban J connectivity index is 2.45. The van der Waals surface area contributed by atoms with E-state index in [1.54, 1.807) is 0 Å². The van der Waals surface area contributed by atoms with Crippen molar-refractivity contribution in [1.82, 2.24) is 0 Å². The van der Waals surface area contributed by atoms with E-state index in [4.69, 9.17) is 0 Å². The highest BCUT2D eigenvalue weighted by atomic mass is 31.2. The summed E-state index contributed by atoms with van der Waals surface area (Å²) in [5.74, 6) is 0. The molecule has 48 valence electrons. The van der Waals surface area contributed by atoms with Crippen molar-refractivity contribution in [3.63, 3.8) is 0 Å². The van der Waals surface area contributed by atoms with Crippen LogP contribution in [-0.2, 0) is 4.57 Å². The molecule has 0 aromatic carbocycles. The molecule has 0 bridgehead atoms. The average Bonchev–Trinajstić information content (AvgIpc) is 1.65. The summed E-state index contributed by atoms with van der Waals surface area (Å²) >= 11 is 0. The molecule has 0 saturated carbocycles. The van der Waals surface area contributed by atoms with E-state index in [0.29, 0.717) is 0 Å². The molecule has 0 unspecified atom stereocenters. The van der Waals surface area contributed by atoms with E-state index in [-0.39, 0.29) is 0 Å². The van der Waals surface area contributed by atoms with Gasteiger partial charge in [-0.25, -0.2) is 0 Å². The minimum atomic E-state index is -1.59. The van der Waals surface area contributed by atoms with Gasteiger partial charge in [-0.3, -0.25) is 0 Å². The van der Waals surface area contributed by atoms with Gasteiger partial charge in [0.25, 0.3) is 0 Å². The second-order valence-electron chi connectivity index (χ2n) is 2.80. The van der Waals surface area contributed by atoms with E-state index in [9.17, 15) is 4.57 Å². The predicted molar refractivity (Wildman–Crippen MR) is 37.1 cm³/mol. The molecule has 0 aromatic rings. The summed E-state index contributed by atoms with van der Waals surface area (Å²) in [4.78, 5) is 0. The molecule has 1 heterocycles. The monoisotopic (exact) mass is 132 g/mol. The van der Waals surface area contributed by atoms with E-state index >= 15 is 0 Å². The second kappa shape index (κ2) is 2.23. The Bertz CT molecular complexity index is 110. The number of hydrogen-bond donors (Lipinski definition) is 0. The van der Waals surface area contributed by atoms with Gasteiger partial charge in [0.2, 0.25) is 0 Å². The van der Waals surface area contributed by atoms with Crippen molar-refractivity contribution >= 4 is 7.14 Å². The molecule has 0 N–H and O–H groups in total. The fraction of sp³-hybridized carbons (Fsp3) is 1.00. The van der Waals surface area contributed by atoms with Crippen molar-refractivity contribution < 1.29 is 4.57 Å². The first-order chi connectivity index (χ1) is 3.71. The van der Waals surface area contributed by atoms with Gasteiger partial charge in [-0.2, -0.15) is 0 Å². The molecule has 1 fully saturated rings. The Morgan fingerprint density at radius 2 is 1.62 bits per heavy atom. The third-order valence-electron chi connectivity index (χ3n) is 1.76. The van der Waals surface area contributed by atoms with Crippen LogP contribution in [-0.4, -0.2) is 19.0 Å². The van der Waals surface area contributed by atoms with E-state index in [0.717, 1.165) is 12.3 Å². The van der Waals surface area contributed by atoms with Crippen molar-refractivity contribution in [2.45, 2.75) is 19.3 Å². The van der Waals surface area contributed by atoms with Crippen molar-refractivity contribution in [2.24, 2.45) is 0 Å². The molecule has 0 radical (unpaired) electrons. The minimum absolute atomic E-state index is 1.01. The molecule has 0 amide bonds. The largest absolute Gasteiger partial charge is 0.324 e. The zero-order valence-electron chi connectivity index (χ0n) is 5.39. The second-order valence-corrected chi connectivity index (χ2v) is 6.29. The van der Waals surface area contributed by atoms with Crippen LogP contribution < -0.4 is 0 Å². The van der Waals surface area contributed by atoms with Crippen LogP contribution >= 0.6 is 7.14 Å². The van der Waals surface area contributed by atoms with Crippen molar-refractivity contribution in [3.8, 4) is 0 Å². The third kappa shape index (κ3) is 1.63. The van der Waals surface area contributed by atoms with Crippen LogP contribution in [0.15, 0.2) is 0 Å². The van der Waals surface area contributed by atoms with Gasteiger partial charge in [-0.1, -0.05) is 6.42 Å². The van der Waals surface area contributed by atoms with Crippen LogP contribution in [0.1, 0.15) is 19.3 Å². The van der Waals surface area contributed by atoms with Crippen LogP contribution in [0.3, 0.4) is 0 Å². The summed E-state index contributed by atoms with van der Waals surface area (Å²) in [6.45, 7) is 1.94. The molecule has 0 spiro atoms. The molecule has 1 aliphatic rings. The highest BCUT2D eigenvalue weighted by Gasteiger charge is 2.17. The molecule has 1 rings (SSSR count). The summed E-state index contributed by atoms with van der Waals surface area (Å²) in [7, 11) is -1.59. The van der Waals surface area contributed by atoms with Crippen LogP contribution in [0.4, 0.5) is 0 Å². The molecule has 1 nitrogen and oxygen atoms in total. The molecule has 8 heavy (non-hydrogen) atoms. The van der Waals surface area contributed by atoms with Crippen LogP contribution in [0, 0.1) is 0 Å². The first-order valence-corrected chi connectivity index (χ1v) is 5.79. The number of rotatable bonds is 0. The lowest BCUT2D eigenvalue weighted by Crippen LogP contribution is -2.00. The molecule has 1 saturated heterocycles. The SMILES string of the molecule is CP1(=O)CCCCC1. The molecule has 0 aromatic heterocycles. The quantitative estimate of drug-likeness (QED) is 0.461. The van der Waals surface area contributed by atoms with Crippen molar-refractivity contribution in [3.05, 3.63) is 0 Å².